The zero-order valence-electron chi connectivity index (χ0n) is 35.7. The molecule has 316 valence electrons. The van der Waals surface area contributed by atoms with Crippen LogP contribution in [0.3, 0.4) is 0 Å². The molecule has 0 aromatic carbocycles. The van der Waals surface area contributed by atoms with Gasteiger partial charge in [-0.2, -0.15) is 0 Å². The van der Waals surface area contributed by atoms with E-state index in [1.54, 1.807) is 0 Å². The Morgan fingerprint density at radius 2 is 0.745 bits per heavy atom. The van der Waals surface area contributed by atoms with Crippen LogP contribution in [0.2, 0.25) is 0 Å². The van der Waals surface area contributed by atoms with Crippen LogP contribution < -0.4 is 0 Å². The maximum Gasteiger partial charge on any atom is 0.306 e. The number of unbranched alkanes of at least 4 members (excludes halogenated alkanes) is 18. The fourth-order valence-electron chi connectivity index (χ4n) is 5.98. The van der Waals surface area contributed by atoms with Crippen LogP contribution in [0.1, 0.15) is 213 Å². The van der Waals surface area contributed by atoms with Crippen LogP contribution in [0.4, 0.5) is 0 Å². The predicted octanol–water partition coefficient (Wildman–Crippen LogP) is 13.5. The third-order valence-electron chi connectivity index (χ3n) is 9.49. The molecule has 0 heterocycles. The highest BCUT2D eigenvalue weighted by molar-refractivity contribution is 5.83. The molecule has 0 unspecified atom stereocenters. The third-order valence-corrected chi connectivity index (χ3v) is 9.49. The standard InChI is InChI=1S/C48H82O7/c1-4-7-10-12-14-16-18-20-22-24-26-28-30-32-35-38-46(50)53-42-45(55-48(52)41-40-44(49)37-34-9-6-3)43-54-47(51)39-36-33-31-29-27-25-23-21-19-17-15-13-11-8-5-2/h14-17,20-23,45H,4-13,18-19,24-43H2,1-3H3/b16-14-,17-15-,22-20-,23-21-. The first-order chi connectivity index (χ1) is 26.9. The van der Waals surface area contributed by atoms with Crippen LogP contribution in [0, 0.1) is 0 Å². The quantitative estimate of drug-likeness (QED) is 0.0265. The molecule has 0 aliphatic rings. The summed E-state index contributed by atoms with van der Waals surface area (Å²) in [5.41, 5.74) is 0. The Kier molecular flexibility index (Phi) is 39.9. The van der Waals surface area contributed by atoms with Gasteiger partial charge in [0.25, 0.3) is 0 Å². The number of ether oxygens (including phenoxy) is 3. The van der Waals surface area contributed by atoms with Crippen LogP contribution in [0.25, 0.3) is 0 Å². The van der Waals surface area contributed by atoms with E-state index in [0.29, 0.717) is 19.3 Å². The Hall–Kier alpha value is -2.96. The van der Waals surface area contributed by atoms with Crippen molar-refractivity contribution in [2.24, 2.45) is 0 Å². The predicted molar refractivity (Wildman–Crippen MR) is 229 cm³/mol. The summed E-state index contributed by atoms with van der Waals surface area (Å²) >= 11 is 0. The normalized spacial score (nSPS) is 11.9. The van der Waals surface area contributed by atoms with Gasteiger partial charge in [0.05, 0.1) is 6.42 Å². The molecule has 0 aliphatic heterocycles. The molecule has 0 amide bonds. The van der Waals surface area contributed by atoms with Gasteiger partial charge in [-0.25, -0.2) is 0 Å². The molecule has 0 radical (unpaired) electrons. The lowest BCUT2D eigenvalue weighted by Gasteiger charge is -2.18. The second kappa shape index (κ2) is 42.2. The molecule has 55 heavy (non-hydrogen) atoms. The summed E-state index contributed by atoms with van der Waals surface area (Å²) in [5.74, 6) is -1.22. The number of carbonyl (C=O) groups excluding carboxylic acids is 4. The average molecular weight is 771 g/mol. The van der Waals surface area contributed by atoms with Gasteiger partial charge in [-0.05, 0) is 83.5 Å². The molecule has 0 N–H and O–H groups in total. The lowest BCUT2D eigenvalue weighted by molar-refractivity contribution is -0.167. The second-order valence-electron chi connectivity index (χ2n) is 14.9. The van der Waals surface area contributed by atoms with Crippen molar-refractivity contribution >= 4 is 23.7 Å². The molecular formula is C48H82O7. The summed E-state index contributed by atoms with van der Waals surface area (Å²) in [5, 5.41) is 0. The molecule has 0 saturated carbocycles. The SMILES string of the molecule is CCCCC/C=C\C/C=C\CCCCCCCC(=O)OCC(COC(=O)CCCCCCC/C=C\C/C=C\CCCCC)OC(=O)CCC(=O)CCCCC. The topological polar surface area (TPSA) is 96.0 Å². The van der Waals surface area contributed by atoms with Gasteiger partial charge in [-0.15, -0.1) is 0 Å². The molecule has 7 nitrogen and oxygen atoms in total. The Labute approximate surface area is 337 Å². The van der Waals surface area contributed by atoms with Crippen LogP contribution in [-0.4, -0.2) is 43.0 Å². The van der Waals surface area contributed by atoms with E-state index in [0.717, 1.165) is 109 Å². The van der Waals surface area contributed by atoms with Gasteiger partial charge >= 0.3 is 17.9 Å². The number of carbonyl (C=O) groups is 4. The molecule has 0 aliphatic carbocycles. The van der Waals surface area contributed by atoms with Crippen molar-refractivity contribution in [1.29, 1.82) is 0 Å². The minimum Gasteiger partial charge on any atom is -0.462 e. The minimum absolute atomic E-state index is 0.0366. The van der Waals surface area contributed by atoms with E-state index in [1.165, 1.54) is 51.4 Å². The molecule has 0 atom stereocenters. The van der Waals surface area contributed by atoms with Gasteiger partial charge in [-0.1, -0.05) is 146 Å². The Bertz CT molecular complexity index is 979. The van der Waals surface area contributed by atoms with Crippen molar-refractivity contribution in [2.45, 2.75) is 219 Å². The van der Waals surface area contributed by atoms with E-state index in [-0.39, 0.29) is 43.8 Å². The first-order valence-electron chi connectivity index (χ1n) is 22.5. The van der Waals surface area contributed by atoms with Gasteiger partial charge in [0.2, 0.25) is 0 Å². The number of hydrogen-bond acceptors (Lipinski definition) is 7. The summed E-state index contributed by atoms with van der Waals surface area (Å²) in [6, 6.07) is 0. The molecule has 7 heteroatoms. The number of Topliss-reactive ketones (excluding diaryl/α,β-unsaturated/α-hetero) is 1. The van der Waals surface area contributed by atoms with Crippen molar-refractivity contribution < 1.29 is 33.4 Å². The summed E-state index contributed by atoms with van der Waals surface area (Å²) in [6.45, 7) is 6.19. The van der Waals surface area contributed by atoms with Crippen LogP contribution >= 0.6 is 0 Å². The molecule has 0 saturated heterocycles. The molecular weight excluding hydrogens is 689 g/mol. The zero-order valence-corrected chi connectivity index (χ0v) is 35.7. The van der Waals surface area contributed by atoms with Crippen molar-refractivity contribution in [3.05, 3.63) is 48.6 Å². The van der Waals surface area contributed by atoms with E-state index in [9.17, 15) is 19.2 Å². The Morgan fingerprint density at radius 1 is 0.382 bits per heavy atom. The van der Waals surface area contributed by atoms with Crippen LogP contribution in [-0.2, 0) is 33.4 Å². The van der Waals surface area contributed by atoms with Crippen molar-refractivity contribution in [3.8, 4) is 0 Å². The summed E-state index contributed by atoms with van der Waals surface area (Å²) in [7, 11) is 0. The molecule has 0 spiro atoms. The highest BCUT2D eigenvalue weighted by Gasteiger charge is 2.20. The van der Waals surface area contributed by atoms with Gasteiger partial charge in [0, 0.05) is 25.7 Å². The van der Waals surface area contributed by atoms with E-state index >= 15 is 0 Å². The number of allylic oxidation sites excluding steroid dienone is 8. The van der Waals surface area contributed by atoms with Gasteiger partial charge in [0.1, 0.15) is 19.0 Å². The maximum atomic E-state index is 12.6. The average Bonchev–Trinajstić information content (AvgIpc) is 3.18. The summed E-state index contributed by atoms with van der Waals surface area (Å²) in [6.07, 6.45) is 45.5. The number of ketones is 1. The lowest BCUT2D eigenvalue weighted by atomic mass is 10.1. The van der Waals surface area contributed by atoms with Gasteiger partial charge in [0.15, 0.2) is 6.10 Å². The summed E-state index contributed by atoms with van der Waals surface area (Å²) in [4.78, 5) is 49.7. The molecule has 0 fully saturated rings. The number of rotatable bonds is 40. The van der Waals surface area contributed by atoms with Gasteiger partial charge in [-0.3, -0.25) is 19.2 Å². The number of hydrogen-bond donors (Lipinski definition) is 0. The summed E-state index contributed by atoms with van der Waals surface area (Å²) < 4.78 is 16.4. The highest BCUT2D eigenvalue weighted by atomic mass is 16.6. The van der Waals surface area contributed by atoms with Gasteiger partial charge < -0.3 is 14.2 Å². The van der Waals surface area contributed by atoms with E-state index in [1.807, 2.05) is 0 Å². The molecule has 0 aromatic heterocycles. The van der Waals surface area contributed by atoms with Crippen molar-refractivity contribution in [3.63, 3.8) is 0 Å². The molecule has 0 aromatic rings. The van der Waals surface area contributed by atoms with E-state index in [2.05, 4.69) is 69.4 Å². The largest absolute Gasteiger partial charge is 0.462 e. The number of esters is 3. The van der Waals surface area contributed by atoms with Crippen molar-refractivity contribution in [2.75, 3.05) is 13.2 Å². The van der Waals surface area contributed by atoms with Crippen LogP contribution in [0.5, 0.6) is 0 Å². The monoisotopic (exact) mass is 771 g/mol. The minimum atomic E-state index is -0.898. The lowest BCUT2D eigenvalue weighted by Crippen LogP contribution is -2.31. The van der Waals surface area contributed by atoms with Crippen molar-refractivity contribution in [1.82, 2.24) is 0 Å². The first-order valence-corrected chi connectivity index (χ1v) is 22.5. The first kappa shape index (κ1) is 52.0. The maximum absolute atomic E-state index is 12.6. The smallest absolute Gasteiger partial charge is 0.306 e. The van der Waals surface area contributed by atoms with E-state index in [4.69, 9.17) is 14.2 Å². The van der Waals surface area contributed by atoms with Crippen LogP contribution in [0.15, 0.2) is 48.6 Å². The zero-order chi connectivity index (χ0) is 40.3. The molecule has 0 bridgehead atoms. The fraction of sp³-hybridized carbons (Fsp3) is 0.750. The third kappa shape index (κ3) is 40.5. The Morgan fingerprint density at radius 3 is 1.18 bits per heavy atom. The Balaban J connectivity index is 4.37. The fourth-order valence-corrected chi connectivity index (χ4v) is 5.98. The second-order valence-corrected chi connectivity index (χ2v) is 14.9. The van der Waals surface area contributed by atoms with E-state index < -0.39 is 12.1 Å². The highest BCUT2D eigenvalue weighted by Crippen LogP contribution is 2.12. The molecule has 0 rings (SSSR count).